The van der Waals surface area contributed by atoms with Crippen LogP contribution in [0, 0.1) is 5.92 Å². The second-order valence-corrected chi connectivity index (χ2v) is 6.37. The first kappa shape index (κ1) is 15.2. The molecule has 1 N–H and O–H groups in total. The maximum absolute atomic E-state index is 5.78. The van der Waals surface area contributed by atoms with Gasteiger partial charge in [-0.1, -0.05) is 20.3 Å². The lowest BCUT2D eigenvalue weighted by molar-refractivity contribution is -0.0551. The molecule has 0 saturated carbocycles. The molecule has 2 aliphatic heterocycles. The number of hydrogen-bond acceptors (Lipinski definition) is 4. The van der Waals surface area contributed by atoms with E-state index in [0.717, 1.165) is 45.2 Å². The quantitative estimate of drug-likeness (QED) is 0.821. The van der Waals surface area contributed by atoms with Crippen LogP contribution in [0.5, 0.6) is 0 Å². The van der Waals surface area contributed by atoms with E-state index < -0.39 is 0 Å². The molecule has 2 saturated heterocycles. The molecule has 2 fully saturated rings. The molecule has 0 aliphatic carbocycles. The summed E-state index contributed by atoms with van der Waals surface area (Å²) < 4.78 is 11.3. The predicted molar refractivity (Wildman–Crippen MR) is 77.5 cm³/mol. The zero-order valence-electron chi connectivity index (χ0n) is 12.9. The van der Waals surface area contributed by atoms with Gasteiger partial charge in [0.25, 0.3) is 0 Å². The lowest BCUT2D eigenvalue weighted by Gasteiger charge is -2.44. The van der Waals surface area contributed by atoms with Crippen LogP contribution >= 0.6 is 0 Å². The van der Waals surface area contributed by atoms with Gasteiger partial charge in [-0.25, -0.2) is 0 Å². The van der Waals surface area contributed by atoms with Crippen molar-refractivity contribution in [1.29, 1.82) is 0 Å². The summed E-state index contributed by atoms with van der Waals surface area (Å²) in [7, 11) is 1.83. The Kier molecular flexibility index (Phi) is 5.23. The molecule has 2 aliphatic rings. The Balaban J connectivity index is 1.97. The molecule has 2 rings (SSSR count). The SMILES string of the molecule is CCC(C)C1CN(CC2(OC)CCOC2)C(C)CN1. The Morgan fingerprint density at radius 1 is 1.53 bits per heavy atom. The van der Waals surface area contributed by atoms with Gasteiger partial charge < -0.3 is 14.8 Å². The van der Waals surface area contributed by atoms with Gasteiger partial charge in [-0.2, -0.15) is 0 Å². The van der Waals surface area contributed by atoms with E-state index in [0.29, 0.717) is 12.1 Å². The third kappa shape index (κ3) is 3.48. The van der Waals surface area contributed by atoms with Crippen molar-refractivity contribution >= 4 is 0 Å². The van der Waals surface area contributed by atoms with Crippen LogP contribution in [-0.4, -0.2) is 62.5 Å². The van der Waals surface area contributed by atoms with Crippen LogP contribution in [0.2, 0.25) is 0 Å². The predicted octanol–water partition coefficient (Wildman–Crippen LogP) is 1.50. The van der Waals surface area contributed by atoms with Crippen LogP contribution in [0.15, 0.2) is 0 Å². The summed E-state index contributed by atoms with van der Waals surface area (Å²) in [5, 5.41) is 3.69. The van der Waals surface area contributed by atoms with Crippen LogP contribution in [-0.2, 0) is 9.47 Å². The van der Waals surface area contributed by atoms with E-state index in [1.807, 2.05) is 7.11 Å². The first-order valence-corrected chi connectivity index (χ1v) is 7.70. The number of nitrogens with zero attached hydrogens (tertiary/aromatic N) is 1. The van der Waals surface area contributed by atoms with Crippen molar-refractivity contribution in [3.8, 4) is 0 Å². The van der Waals surface area contributed by atoms with E-state index in [2.05, 4.69) is 31.0 Å². The molecule has 2 heterocycles. The van der Waals surface area contributed by atoms with Gasteiger partial charge in [0.05, 0.1) is 6.61 Å². The molecular formula is C15H30N2O2. The number of methoxy groups -OCH3 is 1. The highest BCUT2D eigenvalue weighted by molar-refractivity contribution is 4.94. The van der Waals surface area contributed by atoms with E-state index in [-0.39, 0.29) is 5.60 Å². The fourth-order valence-corrected chi connectivity index (χ4v) is 3.14. The Hall–Kier alpha value is -0.160. The zero-order chi connectivity index (χ0) is 13.9. The number of piperazine rings is 1. The highest BCUT2D eigenvalue weighted by Gasteiger charge is 2.39. The Morgan fingerprint density at radius 3 is 2.89 bits per heavy atom. The number of ether oxygens (including phenoxy) is 2. The van der Waals surface area contributed by atoms with Crippen LogP contribution in [0.1, 0.15) is 33.6 Å². The monoisotopic (exact) mass is 270 g/mol. The summed E-state index contributed by atoms with van der Waals surface area (Å²) in [6.45, 7) is 11.7. The van der Waals surface area contributed by atoms with Crippen molar-refractivity contribution in [3.05, 3.63) is 0 Å². The van der Waals surface area contributed by atoms with Gasteiger partial charge >= 0.3 is 0 Å². The lowest BCUT2D eigenvalue weighted by Crippen LogP contribution is -2.60. The van der Waals surface area contributed by atoms with Crippen LogP contribution in [0.3, 0.4) is 0 Å². The molecule has 0 bridgehead atoms. The third-order valence-corrected chi connectivity index (χ3v) is 5.05. The molecule has 4 nitrogen and oxygen atoms in total. The largest absolute Gasteiger partial charge is 0.378 e. The fraction of sp³-hybridized carbons (Fsp3) is 1.00. The van der Waals surface area contributed by atoms with Crippen molar-refractivity contribution in [3.63, 3.8) is 0 Å². The van der Waals surface area contributed by atoms with E-state index in [9.17, 15) is 0 Å². The molecule has 0 spiro atoms. The summed E-state index contributed by atoms with van der Waals surface area (Å²) in [5.74, 6) is 0.730. The lowest BCUT2D eigenvalue weighted by atomic mass is 9.94. The standard InChI is InChI=1S/C15H30N2O2/c1-5-12(2)14-9-17(13(3)8-16-14)10-15(18-4)6-7-19-11-15/h12-14,16H,5-11H2,1-4H3. The minimum atomic E-state index is -0.0778. The summed E-state index contributed by atoms with van der Waals surface area (Å²) in [6.07, 6.45) is 2.26. The van der Waals surface area contributed by atoms with Gasteiger partial charge in [0.1, 0.15) is 5.60 Å². The van der Waals surface area contributed by atoms with Crippen molar-refractivity contribution in [2.24, 2.45) is 5.92 Å². The minimum absolute atomic E-state index is 0.0778. The van der Waals surface area contributed by atoms with Gasteiger partial charge in [-0.05, 0) is 12.8 Å². The molecule has 0 aromatic heterocycles. The maximum atomic E-state index is 5.78. The average molecular weight is 270 g/mol. The second kappa shape index (κ2) is 6.53. The van der Waals surface area contributed by atoms with Crippen LogP contribution < -0.4 is 5.32 Å². The molecular weight excluding hydrogens is 240 g/mol. The first-order chi connectivity index (χ1) is 9.10. The van der Waals surface area contributed by atoms with Crippen molar-refractivity contribution in [2.45, 2.75) is 51.3 Å². The molecule has 4 atom stereocenters. The van der Waals surface area contributed by atoms with E-state index in [1.54, 1.807) is 0 Å². The Morgan fingerprint density at radius 2 is 2.32 bits per heavy atom. The molecule has 0 aromatic carbocycles. The van der Waals surface area contributed by atoms with Crippen LogP contribution in [0.25, 0.3) is 0 Å². The summed E-state index contributed by atoms with van der Waals surface area (Å²) in [5.41, 5.74) is -0.0778. The van der Waals surface area contributed by atoms with Crippen molar-refractivity contribution in [2.75, 3.05) is 40.0 Å². The maximum Gasteiger partial charge on any atom is 0.106 e. The van der Waals surface area contributed by atoms with Gasteiger partial charge in [0.2, 0.25) is 0 Å². The van der Waals surface area contributed by atoms with Gasteiger partial charge in [-0.15, -0.1) is 0 Å². The fourth-order valence-electron chi connectivity index (χ4n) is 3.14. The van der Waals surface area contributed by atoms with Crippen molar-refractivity contribution < 1.29 is 9.47 Å². The summed E-state index contributed by atoms with van der Waals surface area (Å²) in [6, 6.07) is 1.19. The van der Waals surface area contributed by atoms with E-state index >= 15 is 0 Å². The van der Waals surface area contributed by atoms with E-state index in [1.165, 1.54) is 6.42 Å². The number of nitrogens with one attached hydrogen (secondary N) is 1. The highest BCUT2D eigenvalue weighted by atomic mass is 16.5. The van der Waals surface area contributed by atoms with Crippen LogP contribution in [0.4, 0.5) is 0 Å². The molecule has 0 aromatic rings. The van der Waals surface area contributed by atoms with Gasteiger partial charge in [-0.3, -0.25) is 4.90 Å². The summed E-state index contributed by atoms with van der Waals surface area (Å²) >= 11 is 0. The number of hydrogen-bond donors (Lipinski definition) is 1. The average Bonchev–Trinajstić information content (AvgIpc) is 2.89. The summed E-state index contributed by atoms with van der Waals surface area (Å²) in [4.78, 5) is 2.59. The highest BCUT2D eigenvalue weighted by Crippen LogP contribution is 2.26. The molecule has 4 heteroatoms. The molecule has 0 radical (unpaired) electrons. The topological polar surface area (TPSA) is 33.7 Å². The Bertz CT molecular complexity index is 279. The van der Waals surface area contributed by atoms with E-state index in [4.69, 9.17) is 9.47 Å². The Labute approximate surface area is 117 Å². The third-order valence-electron chi connectivity index (χ3n) is 5.05. The normalized spacial score (nSPS) is 38.5. The van der Waals surface area contributed by atoms with Gasteiger partial charge in [0, 0.05) is 51.9 Å². The molecule has 0 amide bonds. The molecule has 4 unspecified atom stereocenters. The first-order valence-electron chi connectivity index (χ1n) is 7.70. The number of rotatable bonds is 5. The minimum Gasteiger partial charge on any atom is -0.378 e. The molecule has 112 valence electrons. The second-order valence-electron chi connectivity index (χ2n) is 6.37. The van der Waals surface area contributed by atoms with Crippen molar-refractivity contribution in [1.82, 2.24) is 10.2 Å². The zero-order valence-corrected chi connectivity index (χ0v) is 12.9. The smallest absolute Gasteiger partial charge is 0.106 e. The van der Waals surface area contributed by atoms with Gasteiger partial charge in [0.15, 0.2) is 0 Å². The molecule has 19 heavy (non-hydrogen) atoms.